The number of aromatic nitrogens is 4. The summed E-state index contributed by atoms with van der Waals surface area (Å²) in [5, 5.41) is 4.13. The van der Waals surface area contributed by atoms with Crippen LogP contribution in [0.1, 0.15) is 99.9 Å². The van der Waals surface area contributed by atoms with Gasteiger partial charge >= 0.3 is 0 Å². The highest BCUT2D eigenvalue weighted by Gasteiger charge is 2.42. The highest BCUT2D eigenvalue weighted by atomic mass is 16.3. The molecule has 4 aliphatic rings. The maximum atomic E-state index is 6.81. The number of para-hydroxylation sites is 3. The Morgan fingerprint density at radius 1 is 0.227 bits per heavy atom. The normalized spacial score (nSPS) is 14.2. The number of benzene rings is 16. The van der Waals surface area contributed by atoms with E-state index in [1.165, 1.54) is 94.7 Å². The summed E-state index contributed by atoms with van der Waals surface area (Å²) in [6.45, 7) is 18.9. The molecule has 4 aliphatic carbocycles. The molecule has 0 amide bonds. The zero-order valence-electron chi connectivity index (χ0n) is 67.7. The molecule has 119 heavy (non-hydrogen) atoms. The lowest BCUT2D eigenvalue weighted by Crippen LogP contribution is -2.17. The van der Waals surface area contributed by atoms with Crippen LogP contribution in [-0.2, 0) is 21.7 Å². The van der Waals surface area contributed by atoms with Gasteiger partial charge in [-0.25, -0.2) is 19.9 Å². The van der Waals surface area contributed by atoms with E-state index in [4.69, 9.17) is 24.4 Å². The molecular formula is C112H84N6O. The van der Waals surface area contributed by atoms with Crippen molar-refractivity contribution in [2.45, 2.75) is 77.0 Å². The molecule has 0 saturated heterocycles. The summed E-state index contributed by atoms with van der Waals surface area (Å²) in [5.74, 6) is 1.35. The summed E-state index contributed by atoms with van der Waals surface area (Å²) < 4.78 is 6.81. The van der Waals surface area contributed by atoms with Crippen LogP contribution in [0.3, 0.4) is 0 Å². The van der Waals surface area contributed by atoms with E-state index < -0.39 is 0 Å². The topological polar surface area (TPSA) is 71.2 Å². The Kier molecular flexibility index (Phi) is 16.2. The molecule has 19 aromatic rings. The second-order valence-corrected chi connectivity index (χ2v) is 34.4. The lowest BCUT2D eigenvalue weighted by Gasteiger charge is -2.30. The van der Waals surface area contributed by atoms with Gasteiger partial charge in [-0.15, -0.1) is 0 Å². The smallest absolute Gasteiger partial charge is 0.164 e. The number of rotatable bonds is 11. The standard InChI is InChI=1S/C56H41N3O.C56H43N3/c1-55(2)45-24-12-9-19-40(45)51-46(55)25-15-27-49(51)59(36-28-30-38-37-18-8-11-23-44(37)56(3,4)47(38)33-36)35-29-31-50-43(32-35)39-21-14-22-42(53(39)60-50)54-57-48-26-13-10-20-41(48)52(58-54)34-16-6-5-7-17-34;1-55(2)47-27-12-9-24-44(47)52-48(55)28-16-30-51(52)59(41-31-32-43-42-23-8-11-26-46(42)56(3,4)49(43)35-41)40-22-15-20-38(34-40)37-19-14-21-39(33-37)54-57-50-29-13-10-25-45(50)53(58-54)36-17-6-5-7-18-36/h5-33H,1-4H3;5-35H,1-4H3. The Hall–Kier alpha value is -14.4. The van der Waals surface area contributed by atoms with Gasteiger partial charge in [0.15, 0.2) is 11.6 Å². The minimum absolute atomic E-state index is 0.122. The van der Waals surface area contributed by atoms with E-state index in [9.17, 15) is 0 Å². The predicted molar refractivity (Wildman–Crippen MR) is 493 cm³/mol. The largest absolute Gasteiger partial charge is 0.455 e. The molecule has 16 aromatic carbocycles. The van der Waals surface area contributed by atoms with Gasteiger partial charge in [0.2, 0.25) is 0 Å². The van der Waals surface area contributed by atoms with Crippen molar-refractivity contribution in [3.8, 4) is 101 Å². The zero-order chi connectivity index (χ0) is 80.2. The molecule has 7 nitrogen and oxygen atoms in total. The van der Waals surface area contributed by atoms with Crippen molar-refractivity contribution in [1.82, 2.24) is 19.9 Å². The Balaban J connectivity index is 0.000000143. The van der Waals surface area contributed by atoms with Crippen LogP contribution in [0, 0.1) is 0 Å². The maximum Gasteiger partial charge on any atom is 0.164 e. The fourth-order valence-electron chi connectivity index (χ4n) is 20.2. The van der Waals surface area contributed by atoms with Gasteiger partial charge in [0.25, 0.3) is 0 Å². The van der Waals surface area contributed by atoms with Crippen LogP contribution in [0.4, 0.5) is 34.1 Å². The summed E-state index contributed by atoms with van der Waals surface area (Å²) in [6.07, 6.45) is 0. The Morgan fingerprint density at radius 3 is 1.13 bits per heavy atom. The van der Waals surface area contributed by atoms with Crippen LogP contribution in [-0.4, -0.2) is 19.9 Å². The minimum Gasteiger partial charge on any atom is -0.455 e. The number of anilines is 6. The molecule has 0 spiro atoms. The number of fused-ring (bicyclic) bond motifs is 17. The fourth-order valence-corrected chi connectivity index (χ4v) is 20.2. The van der Waals surface area contributed by atoms with Crippen LogP contribution in [0.2, 0.25) is 0 Å². The maximum absolute atomic E-state index is 6.81. The van der Waals surface area contributed by atoms with Crippen molar-refractivity contribution in [3.05, 3.63) is 408 Å². The molecule has 0 saturated carbocycles. The second kappa shape index (κ2) is 27.1. The zero-order valence-corrected chi connectivity index (χ0v) is 67.7. The number of hydrogen-bond donors (Lipinski definition) is 0. The molecule has 0 aliphatic heterocycles. The summed E-state index contributed by atoms with van der Waals surface area (Å²) in [4.78, 5) is 25.6. The third-order valence-corrected chi connectivity index (χ3v) is 26.1. The van der Waals surface area contributed by atoms with E-state index in [1.54, 1.807) is 0 Å². The molecule has 3 aromatic heterocycles. The number of hydrogen-bond acceptors (Lipinski definition) is 7. The van der Waals surface area contributed by atoms with Crippen LogP contribution < -0.4 is 9.80 Å². The van der Waals surface area contributed by atoms with Gasteiger partial charge in [0.05, 0.1) is 39.4 Å². The van der Waals surface area contributed by atoms with E-state index in [2.05, 4.69) is 399 Å². The van der Waals surface area contributed by atoms with Crippen molar-refractivity contribution in [1.29, 1.82) is 0 Å². The van der Waals surface area contributed by atoms with Gasteiger partial charge in [0.1, 0.15) is 11.2 Å². The Morgan fingerprint density at radius 2 is 0.588 bits per heavy atom. The molecule has 7 heteroatoms. The first-order chi connectivity index (χ1) is 58.0. The Labute approximate surface area is 694 Å². The van der Waals surface area contributed by atoms with Gasteiger partial charge in [-0.05, 0) is 180 Å². The highest BCUT2D eigenvalue weighted by molar-refractivity contribution is 6.12. The lowest BCUT2D eigenvalue weighted by atomic mass is 9.82. The second-order valence-electron chi connectivity index (χ2n) is 34.4. The van der Waals surface area contributed by atoms with E-state index in [1.807, 2.05) is 30.3 Å². The predicted octanol–water partition coefficient (Wildman–Crippen LogP) is 29.7. The molecule has 0 radical (unpaired) electrons. The molecule has 23 rings (SSSR count). The Bertz CT molecular complexity index is 7390. The SMILES string of the molecule is CC1(C)c2ccccc2-c2ccc(N(c3ccc4oc5c(-c6nc(-c7ccccc7)c7ccccc7n6)cccc5c4c3)c3cccc4c3-c3ccccc3C4(C)C)cc21.CC1(C)c2ccccc2-c2ccc(N(c3cccc(-c4cccc(-c5nc(-c6ccccc6)c6ccccc6n5)c4)c3)c3cccc4c3-c3ccccc3C4(C)C)cc21. The average Bonchev–Trinajstić information content (AvgIpc) is 1.58. The van der Waals surface area contributed by atoms with Gasteiger partial charge < -0.3 is 14.2 Å². The first kappa shape index (κ1) is 71.2. The van der Waals surface area contributed by atoms with E-state index in [-0.39, 0.29) is 21.7 Å². The number of nitrogens with zero attached hydrogens (tertiary/aromatic N) is 6. The lowest BCUT2D eigenvalue weighted by molar-refractivity contribution is 0.660. The van der Waals surface area contributed by atoms with E-state index in [0.29, 0.717) is 11.6 Å². The van der Waals surface area contributed by atoms with Crippen LogP contribution in [0.5, 0.6) is 0 Å². The summed E-state index contributed by atoms with van der Waals surface area (Å²) >= 11 is 0. The van der Waals surface area contributed by atoms with Gasteiger partial charge in [0, 0.05) is 93.8 Å². The minimum atomic E-state index is -0.146. The van der Waals surface area contributed by atoms with Crippen molar-refractivity contribution in [3.63, 3.8) is 0 Å². The van der Waals surface area contributed by atoms with Gasteiger partial charge in [-0.3, -0.25) is 0 Å². The first-order valence-electron chi connectivity index (χ1n) is 41.4. The molecule has 3 heterocycles. The van der Waals surface area contributed by atoms with Crippen LogP contribution >= 0.6 is 0 Å². The third-order valence-electron chi connectivity index (χ3n) is 26.1. The number of furan rings is 1. The quantitative estimate of drug-likeness (QED) is 0.128. The summed E-state index contributed by atoms with van der Waals surface area (Å²) in [6, 6.07) is 131. The third kappa shape index (κ3) is 11.2. The van der Waals surface area contributed by atoms with Crippen molar-refractivity contribution in [2.24, 2.45) is 0 Å². The molecule has 0 N–H and O–H groups in total. The van der Waals surface area contributed by atoms with E-state index >= 15 is 0 Å². The molecule has 0 bridgehead atoms. The monoisotopic (exact) mass is 1530 g/mol. The molecule has 568 valence electrons. The summed E-state index contributed by atoms with van der Waals surface area (Å²) in [7, 11) is 0. The first-order valence-corrected chi connectivity index (χ1v) is 41.4. The average molecular weight is 1530 g/mol. The molecular weight excluding hydrogens is 1450 g/mol. The molecule has 0 fully saturated rings. The van der Waals surface area contributed by atoms with Crippen molar-refractivity contribution < 1.29 is 4.42 Å². The van der Waals surface area contributed by atoms with Crippen molar-refractivity contribution >= 4 is 77.9 Å². The van der Waals surface area contributed by atoms with Crippen LogP contribution in [0.25, 0.3) is 145 Å². The molecule has 0 atom stereocenters. The highest BCUT2D eigenvalue weighted by Crippen LogP contribution is 2.59. The van der Waals surface area contributed by atoms with Gasteiger partial charge in [-0.2, -0.15) is 0 Å². The summed E-state index contributed by atoms with van der Waals surface area (Å²) in [5.41, 5.74) is 39.0. The molecule has 0 unspecified atom stereocenters. The van der Waals surface area contributed by atoms with Gasteiger partial charge in [-0.1, -0.05) is 328 Å². The van der Waals surface area contributed by atoms with Crippen LogP contribution in [0.15, 0.2) is 368 Å². The van der Waals surface area contributed by atoms with E-state index in [0.717, 1.165) is 117 Å². The van der Waals surface area contributed by atoms with Crippen molar-refractivity contribution in [2.75, 3.05) is 9.80 Å². The fraction of sp³-hybridized carbons (Fsp3) is 0.107.